The Bertz CT molecular complexity index is 998. The molecule has 1 aliphatic rings. The van der Waals surface area contributed by atoms with Crippen molar-refractivity contribution in [2.75, 3.05) is 13.7 Å². The minimum atomic E-state index is -0.226. The summed E-state index contributed by atoms with van der Waals surface area (Å²) in [6.45, 7) is 1.13. The molecule has 8 heteroatoms. The second kappa shape index (κ2) is 7.01. The molecule has 3 aromatic rings. The van der Waals surface area contributed by atoms with E-state index in [-0.39, 0.29) is 17.7 Å². The highest BCUT2D eigenvalue weighted by atomic mass is 35.5. The zero-order valence-corrected chi connectivity index (χ0v) is 14.9. The van der Waals surface area contributed by atoms with E-state index in [4.69, 9.17) is 21.1 Å². The zero-order valence-electron chi connectivity index (χ0n) is 14.2. The van der Waals surface area contributed by atoms with Gasteiger partial charge in [0.05, 0.1) is 26.0 Å². The van der Waals surface area contributed by atoms with E-state index in [1.807, 2.05) is 0 Å². The van der Waals surface area contributed by atoms with Crippen molar-refractivity contribution in [3.05, 3.63) is 45.8 Å². The summed E-state index contributed by atoms with van der Waals surface area (Å²) in [7, 11) is 1.49. The molecule has 0 bridgehead atoms. The van der Waals surface area contributed by atoms with Crippen molar-refractivity contribution in [3.63, 3.8) is 0 Å². The molecular formula is C18H17ClN4O3. The van der Waals surface area contributed by atoms with Crippen LogP contribution in [0.5, 0.6) is 6.01 Å². The molecule has 1 fully saturated rings. The molecule has 1 aromatic carbocycles. The number of ether oxygens (including phenoxy) is 2. The molecule has 0 saturated carbocycles. The molecule has 0 unspecified atom stereocenters. The maximum atomic E-state index is 13.2. The van der Waals surface area contributed by atoms with Crippen LogP contribution in [0.3, 0.4) is 0 Å². The third kappa shape index (κ3) is 3.15. The van der Waals surface area contributed by atoms with Crippen molar-refractivity contribution in [1.29, 1.82) is 0 Å². The van der Waals surface area contributed by atoms with Crippen LogP contribution in [0.2, 0.25) is 5.02 Å². The van der Waals surface area contributed by atoms with Gasteiger partial charge < -0.3 is 9.47 Å². The van der Waals surface area contributed by atoms with Crippen molar-refractivity contribution < 1.29 is 9.47 Å². The summed E-state index contributed by atoms with van der Waals surface area (Å²) >= 11 is 5.96. The smallest absolute Gasteiger partial charge is 0.318 e. The lowest BCUT2D eigenvalue weighted by Gasteiger charge is -2.15. The Morgan fingerprint density at radius 2 is 2.12 bits per heavy atom. The van der Waals surface area contributed by atoms with Gasteiger partial charge in [0.15, 0.2) is 5.65 Å². The molecule has 26 heavy (non-hydrogen) atoms. The van der Waals surface area contributed by atoms with E-state index in [0.29, 0.717) is 40.6 Å². The largest absolute Gasteiger partial charge is 0.467 e. The highest BCUT2D eigenvalue weighted by molar-refractivity contribution is 6.30. The Labute approximate surface area is 154 Å². The monoisotopic (exact) mass is 372 g/mol. The quantitative estimate of drug-likeness (QED) is 0.700. The first-order valence-electron chi connectivity index (χ1n) is 8.35. The molecular weight excluding hydrogens is 356 g/mol. The summed E-state index contributed by atoms with van der Waals surface area (Å²) in [6, 6.07) is 7.21. The molecule has 1 saturated heterocycles. The van der Waals surface area contributed by atoms with Crippen LogP contribution >= 0.6 is 11.6 Å². The molecule has 1 aliphatic heterocycles. The van der Waals surface area contributed by atoms with E-state index >= 15 is 0 Å². The number of benzene rings is 1. The van der Waals surface area contributed by atoms with Crippen LogP contribution in [-0.4, -0.2) is 39.3 Å². The summed E-state index contributed by atoms with van der Waals surface area (Å²) in [5, 5.41) is 0.599. The van der Waals surface area contributed by atoms with E-state index in [2.05, 4.69) is 15.0 Å². The molecule has 7 nitrogen and oxygen atoms in total. The fourth-order valence-electron chi connectivity index (χ4n) is 3.08. The molecule has 0 radical (unpaired) electrons. The first-order valence-corrected chi connectivity index (χ1v) is 8.72. The summed E-state index contributed by atoms with van der Waals surface area (Å²) in [4.78, 5) is 26.1. The first kappa shape index (κ1) is 16.9. The highest BCUT2D eigenvalue weighted by Crippen LogP contribution is 2.21. The second-order valence-corrected chi connectivity index (χ2v) is 6.52. The minimum Gasteiger partial charge on any atom is -0.467 e. The molecule has 134 valence electrons. The van der Waals surface area contributed by atoms with Crippen molar-refractivity contribution in [2.45, 2.75) is 25.5 Å². The van der Waals surface area contributed by atoms with Gasteiger partial charge in [-0.1, -0.05) is 23.7 Å². The predicted octanol–water partition coefficient (Wildman–Crippen LogP) is 2.69. The van der Waals surface area contributed by atoms with Crippen LogP contribution in [0.15, 0.2) is 35.3 Å². The van der Waals surface area contributed by atoms with E-state index in [1.165, 1.54) is 7.11 Å². The van der Waals surface area contributed by atoms with Gasteiger partial charge in [0.1, 0.15) is 11.2 Å². The summed E-state index contributed by atoms with van der Waals surface area (Å²) in [5.41, 5.74) is 1.76. The Hall–Kier alpha value is -2.51. The van der Waals surface area contributed by atoms with Crippen LogP contribution in [-0.2, 0) is 11.3 Å². The Morgan fingerprint density at radius 3 is 2.81 bits per heavy atom. The third-order valence-corrected chi connectivity index (χ3v) is 4.63. The number of fused-ring (bicyclic) bond motifs is 1. The first-order chi connectivity index (χ1) is 12.7. The molecule has 0 spiro atoms. The fraction of sp³-hybridized carbons (Fsp3) is 0.333. The van der Waals surface area contributed by atoms with Gasteiger partial charge in [0.2, 0.25) is 0 Å². The number of rotatable bonds is 4. The lowest BCUT2D eigenvalue weighted by Crippen LogP contribution is -2.29. The summed E-state index contributed by atoms with van der Waals surface area (Å²) in [5.74, 6) is 0. The summed E-state index contributed by atoms with van der Waals surface area (Å²) in [6.07, 6.45) is 3.45. The third-order valence-electron chi connectivity index (χ3n) is 4.37. The molecule has 3 heterocycles. The minimum absolute atomic E-state index is 0.0164. The number of nitrogens with zero attached hydrogens (tertiary/aromatic N) is 4. The van der Waals surface area contributed by atoms with Crippen LogP contribution in [0.4, 0.5) is 0 Å². The van der Waals surface area contributed by atoms with Gasteiger partial charge in [0.25, 0.3) is 5.56 Å². The van der Waals surface area contributed by atoms with E-state index < -0.39 is 0 Å². The van der Waals surface area contributed by atoms with Gasteiger partial charge in [-0.15, -0.1) is 0 Å². The number of halogens is 1. The SMILES string of the molecule is COc1ncc2nc(-c3ccc(Cl)cc3)c(=O)n(C[C@H]3CCCO3)c2n1. The molecule has 0 N–H and O–H groups in total. The number of hydrogen-bond acceptors (Lipinski definition) is 6. The van der Waals surface area contributed by atoms with Crippen molar-refractivity contribution >= 4 is 22.8 Å². The molecule has 4 rings (SSSR count). The summed E-state index contributed by atoms with van der Waals surface area (Å²) < 4.78 is 12.4. The fourth-order valence-corrected chi connectivity index (χ4v) is 3.20. The lowest BCUT2D eigenvalue weighted by atomic mass is 10.1. The number of methoxy groups -OCH3 is 1. The lowest BCUT2D eigenvalue weighted by molar-refractivity contribution is 0.0970. The maximum absolute atomic E-state index is 13.2. The van der Waals surface area contributed by atoms with E-state index in [0.717, 1.165) is 12.8 Å². The van der Waals surface area contributed by atoms with Gasteiger partial charge in [-0.2, -0.15) is 4.98 Å². The highest BCUT2D eigenvalue weighted by Gasteiger charge is 2.21. The van der Waals surface area contributed by atoms with Crippen LogP contribution in [0.1, 0.15) is 12.8 Å². The van der Waals surface area contributed by atoms with Gasteiger partial charge in [-0.05, 0) is 25.0 Å². The normalized spacial score (nSPS) is 16.9. The Balaban J connectivity index is 1.91. The number of aromatic nitrogens is 4. The predicted molar refractivity (Wildman–Crippen MR) is 97.6 cm³/mol. The Kier molecular flexibility index (Phi) is 4.57. The molecule has 2 aromatic heterocycles. The average Bonchev–Trinajstić information content (AvgIpc) is 3.17. The van der Waals surface area contributed by atoms with Gasteiger partial charge in [-0.3, -0.25) is 9.36 Å². The molecule has 1 atom stereocenters. The topological polar surface area (TPSA) is 79.1 Å². The van der Waals surface area contributed by atoms with Crippen LogP contribution in [0, 0.1) is 0 Å². The van der Waals surface area contributed by atoms with Gasteiger partial charge >= 0.3 is 6.01 Å². The van der Waals surface area contributed by atoms with Crippen molar-refractivity contribution in [3.8, 4) is 17.3 Å². The average molecular weight is 373 g/mol. The Morgan fingerprint density at radius 1 is 1.31 bits per heavy atom. The van der Waals surface area contributed by atoms with Gasteiger partial charge in [0, 0.05) is 17.2 Å². The maximum Gasteiger partial charge on any atom is 0.318 e. The standard InChI is InChI=1S/C18H17ClN4O3/c1-25-18-20-9-14-16(22-18)23(10-13-3-2-8-26-13)17(24)15(21-14)11-4-6-12(19)7-5-11/h4-7,9,13H,2-3,8,10H2,1H3/t13-/m1/s1. The van der Waals surface area contributed by atoms with E-state index in [1.54, 1.807) is 35.0 Å². The number of hydrogen-bond donors (Lipinski definition) is 0. The van der Waals surface area contributed by atoms with E-state index in [9.17, 15) is 4.79 Å². The zero-order chi connectivity index (χ0) is 18.1. The molecule has 0 amide bonds. The van der Waals surface area contributed by atoms with Crippen LogP contribution in [0.25, 0.3) is 22.4 Å². The van der Waals surface area contributed by atoms with Crippen molar-refractivity contribution in [2.24, 2.45) is 0 Å². The van der Waals surface area contributed by atoms with Crippen molar-refractivity contribution in [1.82, 2.24) is 19.5 Å². The second-order valence-electron chi connectivity index (χ2n) is 6.08. The van der Waals surface area contributed by atoms with Gasteiger partial charge in [-0.25, -0.2) is 9.97 Å². The van der Waals surface area contributed by atoms with Crippen LogP contribution < -0.4 is 10.3 Å². The molecule has 0 aliphatic carbocycles.